The van der Waals surface area contributed by atoms with Crippen LogP contribution in [0.3, 0.4) is 0 Å². The van der Waals surface area contributed by atoms with Crippen molar-refractivity contribution in [2.24, 2.45) is 0 Å². The Morgan fingerprint density at radius 2 is 1.81 bits per heavy atom. The van der Waals surface area contributed by atoms with Crippen LogP contribution in [-0.4, -0.2) is 7.05 Å². The summed E-state index contributed by atoms with van der Waals surface area (Å²) in [7, 11) is 1.86. The Morgan fingerprint density at radius 3 is 2.43 bits per heavy atom. The van der Waals surface area contributed by atoms with Crippen LogP contribution in [0.1, 0.15) is 11.1 Å². The van der Waals surface area contributed by atoms with Gasteiger partial charge in [-0.3, -0.25) is 0 Å². The first-order chi connectivity index (χ1) is 10.0. The van der Waals surface area contributed by atoms with Gasteiger partial charge in [-0.15, -0.1) is 0 Å². The summed E-state index contributed by atoms with van der Waals surface area (Å²) in [4.78, 5) is 0. The van der Waals surface area contributed by atoms with Gasteiger partial charge in [0, 0.05) is 12.1 Å². The summed E-state index contributed by atoms with van der Waals surface area (Å²) < 4.78 is 33.8. The van der Waals surface area contributed by atoms with Crippen LogP contribution >= 0.6 is 31.9 Å². The summed E-state index contributed by atoms with van der Waals surface area (Å²) in [5.41, 5.74) is 1.24. The standard InChI is InChI=1S/C15H13Br2F2NO/c1-20-7-9-5-11(16)15(12(17)6-9)21-8-10-3-2-4-13(18)14(10)19/h2-6,20H,7-8H2,1H3. The lowest BCUT2D eigenvalue weighted by Crippen LogP contribution is -2.06. The zero-order valence-corrected chi connectivity index (χ0v) is 14.4. The largest absolute Gasteiger partial charge is 0.486 e. The Hall–Kier alpha value is -0.980. The van der Waals surface area contributed by atoms with Crippen molar-refractivity contribution in [1.82, 2.24) is 5.32 Å². The second-order valence-electron chi connectivity index (χ2n) is 4.42. The lowest BCUT2D eigenvalue weighted by Gasteiger charge is -2.13. The molecule has 2 aromatic rings. The minimum Gasteiger partial charge on any atom is -0.486 e. The summed E-state index contributed by atoms with van der Waals surface area (Å²) in [6.45, 7) is 0.669. The minimum atomic E-state index is -0.878. The summed E-state index contributed by atoms with van der Waals surface area (Å²) in [6.07, 6.45) is 0. The molecule has 1 N–H and O–H groups in total. The van der Waals surface area contributed by atoms with Gasteiger partial charge in [-0.1, -0.05) is 12.1 Å². The predicted octanol–water partition coefficient (Wildman–Crippen LogP) is 4.79. The van der Waals surface area contributed by atoms with Gasteiger partial charge in [0.15, 0.2) is 11.6 Å². The van der Waals surface area contributed by atoms with Crippen LogP contribution in [0.2, 0.25) is 0 Å². The third-order valence-corrected chi connectivity index (χ3v) is 4.02. The van der Waals surface area contributed by atoms with Gasteiger partial charge >= 0.3 is 0 Å². The first kappa shape index (κ1) is 16.4. The van der Waals surface area contributed by atoms with Crippen molar-refractivity contribution in [3.8, 4) is 5.75 Å². The monoisotopic (exact) mass is 419 g/mol. The summed E-state index contributed by atoms with van der Waals surface area (Å²) in [5, 5.41) is 3.06. The van der Waals surface area contributed by atoms with Crippen molar-refractivity contribution in [1.29, 1.82) is 0 Å². The number of rotatable bonds is 5. The van der Waals surface area contributed by atoms with E-state index < -0.39 is 11.6 Å². The Labute approximate surface area is 138 Å². The van der Waals surface area contributed by atoms with E-state index in [2.05, 4.69) is 37.2 Å². The van der Waals surface area contributed by atoms with Gasteiger partial charge in [0.05, 0.1) is 8.95 Å². The van der Waals surface area contributed by atoms with Crippen LogP contribution in [0.5, 0.6) is 5.75 Å². The number of halogens is 4. The van der Waals surface area contributed by atoms with Crippen LogP contribution in [-0.2, 0) is 13.2 Å². The van der Waals surface area contributed by atoms with Gasteiger partial charge in [-0.25, -0.2) is 8.78 Å². The highest BCUT2D eigenvalue weighted by atomic mass is 79.9. The van der Waals surface area contributed by atoms with Crippen molar-refractivity contribution in [2.75, 3.05) is 7.05 Å². The van der Waals surface area contributed by atoms with Gasteiger partial charge in [0.25, 0.3) is 0 Å². The van der Waals surface area contributed by atoms with E-state index in [-0.39, 0.29) is 12.2 Å². The Balaban J connectivity index is 2.18. The van der Waals surface area contributed by atoms with Gasteiger partial charge in [0.2, 0.25) is 0 Å². The molecule has 0 bridgehead atoms. The van der Waals surface area contributed by atoms with Crippen LogP contribution in [0.25, 0.3) is 0 Å². The quantitative estimate of drug-likeness (QED) is 0.750. The van der Waals surface area contributed by atoms with Crippen molar-refractivity contribution in [3.63, 3.8) is 0 Å². The number of ether oxygens (including phenoxy) is 1. The van der Waals surface area contributed by atoms with E-state index in [0.717, 1.165) is 27.1 Å². The van der Waals surface area contributed by atoms with Crippen LogP contribution in [0, 0.1) is 11.6 Å². The predicted molar refractivity (Wildman–Crippen MR) is 85.3 cm³/mol. The molecule has 0 aliphatic carbocycles. The second-order valence-corrected chi connectivity index (χ2v) is 6.13. The molecule has 2 rings (SSSR count). The molecule has 0 saturated carbocycles. The zero-order chi connectivity index (χ0) is 15.4. The maximum Gasteiger partial charge on any atom is 0.165 e. The molecule has 0 saturated heterocycles. The molecule has 0 aliphatic rings. The Morgan fingerprint density at radius 1 is 1.14 bits per heavy atom. The van der Waals surface area contributed by atoms with Crippen molar-refractivity contribution < 1.29 is 13.5 Å². The molecular formula is C15H13Br2F2NO. The number of benzene rings is 2. The number of hydrogen-bond donors (Lipinski definition) is 1. The summed E-state index contributed by atoms with van der Waals surface area (Å²) in [5.74, 6) is -1.20. The maximum absolute atomic E-state index is 13.6. The fraction of sp³-hybridized carbons (Fsp3) is 0.200. The highest BCUT2D eigenvalue weighted by molar-refractivity contribution is 9.11. The highest BCUT2D eigenvalue weighted by Crippen LogP contribution is 2.35. The molecular weight excluding hydrogens is 408 g/mol. The van der Waals surface area contributed by atoms with E-state index in [1.165, 1.54) is 12.1 Å². The van der Waals surface area contributed by atoms with Gasteiger partial charge in [-0.2, -0.15) is 0 Å². The highest BCUT2D eigenvalue weighted by Gasteiger charge is 2.12. The summed E-state index contributed by atoms with van der Waals surface area (Å²) >= 11 is 6.85. The van der Waals surface area contributed by atoms with Crippen LogP contribution in [0.4, 0.5) is 8.78 Å². The smallest absolute Gasteiger partial charge is 0.165 e. The van der Waals surface area contributed by atoms with Gasteiger partial charge in [-0.05, 0) is 62.7 Å². The van der Waals surface area contributed by atoms with E-state index in [1.54, 1.807) is 0 Å². The topological polar surface area (TPSA) is 21.3 Å². The van der Waals surface area contributed by atoms with E-state index in [9.17, 15) is 8.78 Å². The molecule has 112 valence electrons. The normalized spacial score (nSPS) is 10.7. The maximum atomic E-state index is 13.6. The minimum absolute atomic E-state index is 0.0494. The molecule has 0 aliphatic heterocycles. The van der Waals surface area contributed by atoms with Crippen molar-refractivity contribution >= 4 is 31.9 Å². The zero-order valence-electron chi connectivity index (χ0n) is 11.2. The number of hydrogen-bond acceptors (Lipinski definition) is 2. The molecule has 2 nitrogen and oxygen atoms in total. The fourth-order valence-corrected chi connectivity index (χ4v) is 3.38. The van der Waals surface area contributed by atoms with Crippen molar-refractivity contribution in [2.45, 2.75) is 13.2 Å². The molecule has 21 heavy (non-hydrogen) atoms. The lowest BCUT2D eigenvalue weighted by atomic mass is 10.2. The van der Waals surface area contributed by atoms with Crippen LogP contribution < -0.4 is 10.1 Å². The fourth-order valence-electron chi connectivity index (χ4n) is 1.87. The molecule has 0 fully saturated rings. The van der Waals surface area contributed by atoms with Crippen molar-refractivity contribution in [3.05, 3.63) is 62.0 Å². The molecule has 0 atom stereocenters. The molecule has 0 heterocycles. The first-order valence-corrected chi connectivity index (χ1v) is 7.79. The molecule has 0 radical (unpaired) electrons. The molecule has 6 heteroatoms. The molecule has 0 aromatic heterocycles. The lowest BCUT2D eigenvalue weighted by molar-refractivity contribution is 0.293. The Bertz CT molecular complexity index is 627. The molecule has 0 amide bonds. The van der Waals surface area contributed by atoms with E-state index >= 15 is 0 Å². The second kappa shape index (κ2) is 7.33. The van der Waals surface area contributed by atoms with Crippen LogP contribution in [0.15, 0.2) is 39.3 Å². The first-order valence-electron chi connectivity index (χ1n) is 6.21. The summed E-state index contributed by atoms with van der Waals surface area (Å²) in [6, 6.07) is 7.86. The third-order valence-electron chi connectivity index (χ3n) is 2.84. The molecule has 0 spiro atoms. The van der Waals surface area contributed by atoms with E-state index in [4.69, 9.17) is 4.74 Å². The SMILES string of the molecule is CNCc1cc(Br)c(OCc2cccc(F)c2F)c(Br)c1. The average Bonchev–Trinajstić information content (AvgIpc) is 2.42. The number of nitrogens with one attached hydrogen (secondary N) is 1. The Kier molecular flexibility index (Phi) is 5.72. The molecule has 2 aromatic carbocycles. The van der Waals surface area contributed by atoms with E-state index in [1.807, 2.05) is 19.2 Å². The average molecular weight is 421 g/mol. The third kappa shape index (κ3) is 4.02. The molecule has 0 unspecified atom stereocenters. The van der Waals surface area contributed by atoms with E-state index in [0.29, 0.717) is 5.75 Å². The van der Waals surface area contributed by atoms with Gasteiger partial charge in [0.1, 0.15) is 12.4 Å². The van der Waals surface area contributed by atoms with Gasteiger partial charge < -0.3 is 10.1 Å².